The number of nitrogens with two attached hydrogens (primary N) is 1. The van der Waals surface area contributed by atoms with E-state index >= 15 is 0 Å². The summed E-state index contributed by atoms with van der Waals surface area (Å²) >= 11 is 0. The number of nitrogens with one attached hydrogen (secondary N) is 1. The molecule has 0 saturated heterocycles. The first-order chi connectivity index (χ1) is 17.0. The van der Waals surface area contributed by atoms with E-state index in [1.807, 2.05) is 6.92 Å². The highest BCUT2D eigenvalue weighted by molar-refractivity contribution is 5.83. The third-order valence-electron chi connectivity index (χ3n) is 6.13. The Morgan fingerprint density at radius 2 is 1.31 bits per heavy atom. The number of rotatable bonds is 27. The van der Waals surface area contributed by atoms with Crippen LogP contribution in [0.5, 0.6) is 0 Å². The largest absolute Gasteiger partial charge is 0.379 e. The number of unbranched alkanes of at least 4 members (excludes halogenated alkanes) is 8. The predicted octanol–water partition coefficient (Wildman–Crippen LogP) is 5.27. The molecule has 1 atom stereocenters. The minimum atomic E-state index is -0.409. The summed E-state index contributed by atoms with van der Waals surface area (Å²) in [4.78, 5) is 35.9. The molecule has 0 aliphatic carbocycles. The van der Waals surface area contributed by atoms with Crippen molar-refractivity contribution in [2.24, 2.45) is 5.73 Å². The fourth-order valence-electron chi connectivity index (χ4n) is 3.85. The Hall–Kier alpha value is -1.31. The molecule has 0 saturated carbocycles. The summed E-state index contributed by atoms with van der Waals surface area (Å²) in [6, 6.07) is -0.409. The maximum absolute atomic E-state index is 12.1. The molecule has 0 rings (SSSR count). The predicted molar refractivity (Wildman–Crippen MR) is 142 cm³/mol. The summed E-state index contributed by atoms with van der Waals surface area (Å²) in [5, 5.41) is 2.95. The lowest BCUT2D eigenvalue weighted by Gasteiger charge is -2.11. The number of carbonyl (C=O) groups excluding carboxylic acids is 3. The second-order valence-electron chi connectivity index (χ2n) is 9.45. The van der Waals surface area contributed by atoms with Gasteiger partial charge in [-0.3, -0.25) is 14.4 Å². The van der Waals surface area contributed by atoms with E-state index < -0.39 is 6.04 Å². The van der Waals surface area contributed by atoms with Gasteiger partial charge in [-0.05, 0) is 58.3 Å². The standard InChI is InChI=1S/C28H54N2O5/c1-3-5-6-9-16-25(31)17-10-7-8-11-20-28(33)30-21-14-12-18-26(29)27(32)19-13-15-22-35-24-23-34-4-2/h26H,3-24,29H2,1-2H3,(H,30,33)/t26-/m0/s1. The number of hydrogen-bond acceptors (Lipinski definition) is 6. The topological polar surface area (TPSA) is 108 Å². The van der Waals surface area contributed by atoms with Crippen molar-refractivity contribution >= 4 is 17.5 Å². The molecule has 7 nitrogen and oxygen atoms in total. The Kier molecular flexibility index (Phi) is 24.8. The molecule has 0 aromatic rings. The van der Waals surface area contributed by atoms with E-state index in [0.717, 1.165) is 70.6 Å². The van der Waals surface area contributed by atoms with Gasteiger partial charge in [0, 0.05) is 45.4 Å². The number of amides is 1. The zero-order valence-corrected chi connectivity index (χ0v) is 22.8. The molecule has 0 aromatic heterocycles. The van der Waals surface area contributed by atoms with Crippen molar-refractivity contribution in [1.29, 1.82) is 0 Å². The fourth-order valence-corrected chi connectivity index (χ4v) is 3.85. The second kappa shape index (κ2) is 25.8. The summed E-state index contributed by atoms with van der Waals surface area (Å²) in [5.74, 6) is 0.585. The van der Waals surface area contributed by atoms with Crippen molar-refractivity contribution in [3.8, 4) is 0 Å². The fraction of sp³-hybridized carbons (Fsp3) is 0.893. The van der Waals surface area contributed by atoms with Crippen LogP contribution in [0.2, 0.25) is 0 Å². The zero-order chi connectivity index (χ0) is 26.0. The van der Waals surface area contributed by atoms with Gasteiger partial charge < -0.3 is 20.5 Å². The van der Waals surface area contributed by atoms with E-state index in [-0.39, 0.29) is 11.7 Å². The van der Waals surface area contributed by atoms with Crippen molar-refractivity contribution in [3.05, 3.63) is 0 Å². The molecule has 7 heteroatoms. The monoisotopic (exact) mass is 498 g/mol. The van der Waals surface area contributed by atoms with Crippen LogP contribution in [0.3, 0.4) is 0 Å². The number of hydrogen-bond donors (Lipinski definition) is 2. The van der Waals surface area contributed by atoms with Crippen LogP contribution in [-0.4, -0.2) is 56.5 Å². The van der Waals surface area contributed by atoms with Crippen LogP contribution in [-0.2, 0) is 23.9 Å². The average Bonchev–Trinajstić information content (AvgIpc) is 2.85. The van der Waals surface area contributed by atoms with Crippen molar-refractivity contribution in [2.45, 2.75) is 129 Å². The van der Waals surface area contributed by atoms with Gasteiger partial charge in [-0.1, -0.05) is 39.0 Å². The molecule has 0 fully saturated rings. The molecule has 0 bridgehead atoms. The molecule has 0 unspecified atom stereocenters. The zero-order valence-electron chi connectivity index (χ0n) is 22.8. The molecule has 0 spiro atoms. The van der Waals surface area contributed by atoms with Gasteiger partial charge in [0.1, 0.15) is 11.6 Å². The van der Waals surface area contributed by atoms with Gasteiger partial charge in [-0.15, -0.1) is 0 Å². The lowest BCUT2D eigenvalue weighted by atomic mass is 10.0. The summed E-state index contributed by atoms with van der Waals surface area (Å²) in [7, 11) is 0. The molecule has 1 amide bonds. The van der Waals surface area contributed by atoms with Crippen molar-refractivity contribution in [3.63, 3.8) is 0 Å². The molecule has 35 heavy (non-hydrogen) atoms. The van der Waals surface area contributed by atoms with Crippen LogP contribution < -0.4 is 11.1 Å². The molecular weight excluding hydrogens is 444 g/mol. The van der Waals surface area contributed by atoms with E-state index in [4.69, 9.17) is 15.2 Å². The SMILES string of the molecule is CCCCCCC(=O)CCCCCCC(=O)NCCCC[C@H](N)C(=O)CCCCOCCOCC. The smallest absolute Gasteiger partial charge is 0.219 e. The van der Waals surface area contributed by atoms with Crippen molar-refractivity contribution in [2.75, 3.05) is 33.0 Å². The first-order valence-electron chi connectivity index (χ1n) is 14.2. The highest BCUT2D eigenvalue weighted by Crippen LogP contribution is 2.10. The molecule has 0 aromatic carbocycles. The van der Waals surface area contributed by atoms with E-state index in [9.17, 15) is 14.4 Å². The maximum atomic E-state index is 12.1. The van der Waals surface area contributed by atoms with E-state index in [1.165, 1.54) is 12.8 Å². The number of ether oxygens (including phenoxy) is 2. The summed E-state index contributed by atoms with van der Waals surface area (Å²) < 4.78 is 10.6. The molecular formula is C28H54N2O5. The van der Waals surface area contributed by atoms with Gasteiger partial charge >= 0.3 is 0 Å². The van der Waals surface area contributed by atoms with Gasteiger partial charge in [-0.2, -0.15) is 0 Å². The first kappa shape index (κ1) is 33.7. The quantitative estimate of drug-likeness (QED) is 0.149. The highest BCUT2D eigenvalue weighted by Gasteiger charge is 2.12. The van der Waals surface area contributed by atoms with Crippen LogP contribution in [0.25, 0.3) is 0 Å². The lowest BCUT2D eigenvalue weighted by Crippen LogP contribution is -2.30. The van der Waals surface area contributed by atoms with Crippen molar-refractivity contribution in [1.82, 2.24) is 5.32 Å². The Morgan fingerprint density at radius 1 is 0.686 bits per heavy atom. The van der Waals surface area contributed by atoms with Crippen LogP contribution in [0.15, 0.2) is 0 Å². The van der Waals surface area contributed by atoms with Gasteiger partial charge in [-0.25, -0.2) is 0 Å². The molecule has 0 heterocycles. The Balaban J connectivity index is 3.49. The number of Topliss-reactive ketones (excluding diaryl/α,β-unsaturated/α-hetero) is 2. The summed E-state index contributed by atoms with van der Waals surface area (Å²) in [5.41, 5.74) is 6.01. The highest BCUT2D eigenvalue weighted by atomic mass is 16.5. The first-order valence-corrected chi connectivity index (χ1v) is 14.2. The van der Waals surface area contributed by atoms with Crippen LogP contribution in [0.1, 0.15) is 123 Å². The summed E-state index contributed by atoms with van der Waals surface area (Å²) in [6.07, 6.45) is 14.9. The van der Waals surface area contributed by atoms with Gasteiger partial charge in [0.25, 0.3) is 0 Å². The minimum Gasteiger partial charge on any atom is -0.379 e. The van der Waals surface area contributed by atoms with Crippen molar-refractivity contribution < 1.29 is 23.9 Å². The average molecular weight is 499 g/mol. The second-order valence-corrected chi connectivity index (χ2v) is 9.45. The van der Waals surface area contributed by atoms with Gasteiger partial charge in [0.2, 0.25) is 5.91 Å². The summed E-state index contributed by atoms with van der Waals surface area (Å²) in [6.45, 7) is 7.32. The molecule has 206 valence electrons. The molecule has 0 aliphatic heterocycles. The maximum Gasteiger partial charge on any atom is 0.219 e. The molecule has 0 radical (unpaired) electrons. The van der Waals surface area contributed by atoms with Crippen LogP contribution in [0.4, 0.5) is 0 Å². The number of ketones is 2. The minimum absolute atomic E-state index is 0.0841. The van der Waals surface area contributed by atoms with E-state index in [2.05, 4.69) is 12.2 Å². The number of carbonyl (C=O) groups is 3. The Labute approximate surface area is 214 Å². The Bertz CT molecular complexity index is 527. The molecule has 0 aliphatic rings. The van der Waals surface area contributed by atoms with Crippen LogP contribution in [0, 0.1) is 0 Å². The normalized spacial score (nSPS) is 12.0. The van der Waals surface area contributed by atoms with E-state index in [1.54, 1.807) is 0 Å². The van der Waals surface area contributed by atoms with Gasteiger partial charge in [0.05, 0.1) is 19.3 Å². The Morgan fingerprint density at radius 3 is 2.00 bits per heavy atom. The molecule has 3 N–H and O–H groups in total. The third kappa shape index (κ3) is 24.2. The van der Waals surface area contributed by atoms with Crippen LogP contribution >= 0.6 is 0 Å². The van der Waals surface area contributed by atoms with Gasteiger partial charge in [0.15, 0.2) is 0 Å². The van der Waals surface area contributed by atoms with E-state index in [0.29, 0.717) is 64.4 Å². The third-order valence-corrected chi connectivity index (χ3v) is 6.13. The lowest BCUT2D eigenvalue weighted by molar-refractivity contribution is -0.122.